The van der Waals surface area contributed by atoms with Gasteiger partial charge in [-0.25, -0.2) is 0 Å². The second-order valence-corrected chi connectivity index (χ2v) is 6.72. The molecule has 1 heterocycles. The minimum absolute atomic E-state index is 0.00185. The Kier molecular flexibility index (Phi) is 4.66. The summed E-state index contributed by atoms with van der Waals surface area (Å²) in [7, 11) is -3.97. The van der Waals surface area contributed by atoms with Gasteiger partial charge in [0.25, 0.3) is 10.1 Å². The maximum Gasteiger partial charge on any atom is 0.297 e. The first-order valence-corrected chi connectivity index (χ1v) is 7.78. The SMILES string of the molecule is Cc1ccc(S(=O)(=O)OC[C@@H]2OC[C@@](O)(CO)[C@H]2O)cc1. The fourth-order valence-corrected chi connectivity index (χ4v) is 2.90. The molecule has 1 aliphatic rings. The van der Waals surface area contributed by atoms with Crippen molar-refractivity contribution in [3.63, 3.8) is 0 Å². The molecular formula is C13H18O7S. The Bertz CT molecular complexity index is 583. The Morgan fingerprint density at radius 2 is 2.00 bits per heavy atom. The van der Waals surface area contributed by atoms with Crippen molar-refractivity contribution in [3.8, 4) is 0 Å². The Morgan fingerprint density at radius 3 is 2.52 bits per heavy atom. The summed E-state index contributed by atoms with van der Waals surface area (Å²) in [4.78, 5) is -0.00185. The Balaban J connectivity index is 2.01. The second kappa shape index (κ2) is 5.99. The number of rotatable bonds is 5. The van der Waals surface area contributed by atoms with Crippen LogP contribution in [0.2, 0.25) is 0 Å². The summed E-state index contributed by atoms with van der Waals surface area (Å²) in [5.74, 6) is 0. The fourth-order valence-electron chi connectivity index (χ4n) is 1.98. The summed E-state index contributed by atoms with van der Waals surface area (Å²) >= 11 is 0. The largest absolute Gasteiger partial charge is 0.393 e. The number of aliphatic hydroxyl groups is 3. The van der Waals surface area contributed by atoms with Crippen molar-refractivity contribution in [2.45, 2.75) is 29.6 Å². The van der Waals surface area contributed by atoms with Crippen LogP contribution >= 0.6 is 0 Å². The lowest BCUT2D eigenvalue weighted by Gasteiger charge is -2.23. The molecule has 8 heteroatoms. The lowest BCUT2D eigenvalue weighted by molar-refractivity contribution is -0.0834. The molecule has 118 valence electrons. The van der Waals surface area contributed by atoms with E-state index in [1.807, 2.05) is 6.92 Å². The van der Waals surface area contributed by atoms with Gasteiger partial charge in [-0.2, -0.15) is 8.42 Å². The van der Waals surface area contributed by atoms with Crippen LogP contribution in [0.5, 0.6) is 0 Å². The minimum atomic E-state index is -3.97. The van der Waals surface area contributed by atoms with Gasteiger partial charge in [0.1, 0.15) is 17.8 Å². The van der Waals surface area contributed by atoms with E-state index in [1.54, 1.807) is 12.1 Å². The Morgan fingerprint density at radius 1 is 1.38 bits per heavy atom. The van der Waals surface area contributed by atoms with E-state index in [2.05, 4.69) is 0 Å². The van der Waals surface area contributed by atoms with E-state index in [-0.39, 0.29) is 11.5 Å². The van der Waals surface area contributed by atoms with Crippen molar-refractivity contribution in [3.05, 3.63) is 29.8 Å². The Hall–Kier alpha value is -1.03. The third-order valence-electron chi connectivity index (χ3n) is 3.42. The van der Waals surface area contributed by atoms with Gasteiger partial charge in [-0.05, 0) is 19.1 Å². The molecule has 7 nitrogen and oxygen atoms in total. The maximum atomic E-state index is 12.0. The zero-order valence-electron chi connectivity index (χ0n) is 11.5. The van der Waals surface area contributed by atoms with Gasteiger partial charge >= 0.3 is 0 Å². The molecule has 0 unspecified atom stereocenters. The molecule has 0 saturated carbocycles. The molecule has 0 amide bonds. The summed E-state index contributed by atoms with van der Waals surface area (Å²) in [5, 5.41) is 28.6. The first kappa shape index (κ1) is 16.3. The predicted molar refractivity (Wildman–Crippen MR) is 72.1 cm³/mol. The zero-order valence-corrected chi connectivity index (χ0v) is 12.3. The Labute approximate surface area is 122 Å². The van der Waals surface area contributed by atoms with Gasteiger partial charge in [-0.15, -0.1) is 0 Å². The predicted octanol–water partition coefficient (Wildman–Crippen LogP) is -0.817. The van der Waals surface area contributed by atoms with Crippen LogP contribution in [0.25, 0.3) is 0 Å². The van der Waals surface area contributed by atoms with E-state index in [9.17, 15) is 18.6 Å². The van der Waals surface area contributed by atoms with E-state index in [0.717, 1.165) is 5.56 Å². The minimum Gasteiger partial charge on any atom is -0.393 e. The first-order valence-electron chi connectivity index (χ1n) is 6.37. The lowest BCUT2D eigenvalue weighted by atomic mass is 9.98. The molecule has 21 heavy (non-hydrogen) atoms. The van der Waals surface area contributed by atoms with E-state index < -0.39 is 41.1 Å². The van der Waals surface area contributed by atoms with E-state index >= 15 is 0 Å². The van der Waals surface area contributed by atoms with Crippen LogP contribution in [-0.2, 0) is 19.0 Å². The second-order valence-electron chi connectivity index (χ2n) is 5.11. The third-order valence-corrected chi connectivity index (χ3v) is 4.72. The molecule has 3 N–H and O–H groups in total. The van der Waals surface area contributed by atoms with Crippen LogP contribution in [0.15, 0.2) is 29.2 Å². The van der Waals surface area contributed by atoms with Crippen LogP contribution in [0.3, 0.4) is 0 Å². The maximum absolute atomic E-state index is 12.0. The summed E-state index contributed by atoms with van der Waals surface area (Å²) in [6, 6.07) is 6.12. The first-order chi connectivity index (χ1) is 9.78. The lowest BCUT2D eigenvalue weighted by Crippen LogP contribution is -2.47. The molecule has 3 atom stereocenters. The van der Waals surface area contributed by atoms with E-state index in [1.165, 1.54) is 12.1 Å². The van der Waals surface area contributed by atoms with Crippen LogP contribution in [0.4, 0.5) is 0 Å². The molecule has 0 spiro atoms. The number of hydrogen-bond acceptors (Lipinski definition) is 7. The van der Waals surface area contributed by atoms with Crippen LogP contribution in [0, 0.1) is 6.92 Å². The average molecular weight is 318 g/mol. The normalized spacial score (nSPS) is 29.7. The number of hydrogen-bond donors (Lipinski definition) is 3. The van der Waals surface area contributed by atoms with Crippen molar-refractivity contribution in [1.29, 1.82) is 0 Å². The number of benzene rings is 1. The van der Waals surface area contributed by atoms with Crippen molar-refractivity contribution >= 4 is 10.1 Å². The quantitative estimate of drug-likeness (QED) is 0.608. The molecule has 0 aliphatic carbocycles. The van der Waals surface area contributed by atoms with Crippen molar-refractivity contribution in [2.24, 2.45) is 0 Å². The molecule has 2 rings (SSSR count). The molecule has 1 fully saturated rings. The smallest absolute Gasteiger partial charge is 0.297 e. The molecule has 0 bridgehead atoms. The molecule has 1 aromatic carbocycles. The summed E-state index contributed by atoms with van der Waals surface area (Å²) in [6.45, 7) is 0.411. The molecule has 0 aromatic heterocycles. The monoisotopic (exact) mass is 318 g/mol. The van der Waals surface area contributed by atoms with Crippen LogP contribution in [-0.4, -0.2) is 61.4 Å². The van der Waals surface area contributed by atoms with Crippen molar-refractivity contribution in [2.75, 3.05) is 19.8 Å². The number of ether oxygens (including phenoxy) is 1. The molecule has 1 aliphatic heterocycles. The van der Waals surface area contributed by atoms with Gasteiger partial charge in [0.2, 0.25) is 0 Å². The zero-order chi connectivity index (χ0) is 15.7. The highest BCUT2D eigenvalue weighted by Crippen LogP contribution is 2.25. The van der Waals surface area contributed by atoms with E-state index in [4.69, 9.17) is 14.0 Å². The third kappa shape index (κ3) is 3.42. The van der Waals surface area contributed by atoms with Gasteiger partial charge in [0.05, 0.1) is 24.7 Å². The molecular weight excluding hydrogens is 300 g/mol. The van der Waals surface area contributed by atoms with Crippen molar-refractivity contribution in [1.82, 2.24) is 0 Å². The van der Waals surface area contributed by atoms with Crippen LogP contribution < -0.4 is 0 Å². The van der Waals surface area contributed by atoms with Crippen LogP contribution in [0.1, 0.15) is 5.56 Å². The standard InChI is InChI=1S/C13H18O7S/c1-9-2-4-10(5-3-9)21(17,18)20-6-11-12(15)13(16,7-14)8-19-11/h2-5,11-12,14-16H,6-8H2,1H3/t11-,12-,13-/m0/s1. The van der Waals surface area contributed by atoms with Gasteiger partial charge in [0, 0.05) is 0 Å². The average Bonchev–Trinajstić information content (AvgIpc) is 2.74. The topological polar surface area (TPSA) is 113 Å². The van der Waals surface area contributed by atoms with Crippen molar-refractivity contribution < 1.29 is 32.7 Å². The molecule has 1 aromatic rings. The van der Waals surface area contributed by atoms with Gasteiger partial charge in [-0.3, -0.25) is 4.18 Å². The number of aliphatic hydroxyl groups excluding tert-OH is 2. The van der Waals surface area contributed by atoms with Gasteiger partial charge < -0.3 is 20.1 Å². The highest BCUT2D eigenvalue weighted by atomic mass is 32.2. The van der Waals surface area contributed by atoms with Gasteiger partial charge in [0.15, 0.2) is 0 Å². The molecule has 0 radical (unpaired) electrons. The summed E-state index contributed by atoms with van der Waals surface area (Å²) in [6.07, 6.45) is -2.45. The fraction of sp³-hybridized carbons (Fsp3) is 0.538. The molecule has 1 saturated heterocycles. The summed E-state index contributed by atoms with van der Waals surface area (Å²) < 4.78 is 33.8. The van der Waals surface area contributed by atoms with Gasteiger partial charge in [-0.1, -0.05) is 17.7 Å². The number of aryl methyl sites for hydroxylation is 1. The highest BCUT2D eigenvalue weighted by Gasteiger charge is 2.48. The highest BCUT2D eigenvalue weighted by molar-refractivity contribution is 7.86. The van der Waals surface area contributed by atoms with E-state index in [0.29, 0.717) is 0 Å². The summed E-state index contributed by atoms with van der Waals surface area (Å²) in [5.41, 5.74) is -0.877.